The van der Waals surface area contributed by atoms with Gasteiger partial charge in [0.1, 0.15) is 11.5 Å². The number of nitrogens with one attached hydrogen (secondary N) is 1. The number of amides is 1. The third-order valence-electron chi connectivity index (χ3n) is 2.47. The Morgan fingerprint density at radius 3 is 2.95 bits per heavy atom. The quantitative estimate of drug-likeness (QED) is 0.892. The highest BCUT2D eigenvalue weighted by Crippen LogP contribution is 2.11. The molecule has 2 aromatic rings. The molecule has 0 unspecified atom stereocenters. The van der Waals surface area contributed by atoms with E-state index in [1.807, 2.05) is 31.2 Å². The van der Waals surface area contributed by atoms with Gasteiger partial charge in [-0.15, -0.1) is 0 Å². The predicted molar refractivity (Wildman–Crippen MR) is 69.8 cm³/mol. The molecule has 5 nitrogen and oxygen atoms in total. The molecule has 0 saturated carbocycles. The van der Waals surface area contributed by atoms with Crippen LogP contribution in [0.3, 0.4) is 0 Å². The van der Waals surface area contributed by atoms with Gasteiger partial charge >= 0.3 is 0 Å². The second kappa shape index (κ2) is 6.04. The highest BCUT2D eigenvalue weighted by molar-refractivity contribution is 5.77. The molecule has 1 aromatic carbocycles. The molecule has 1 heterocycles. The summed E-state index contributed by atoms with van der Waals surface area (Å²) in [5, 5.41) is 2.68. The summed E-state index contributed by atoms with van der Waals surface area (Å²) in [4.78, 5) is 15.6. The molecule has 0 spiro atoms. The van der Waals surface area contributed by atoms with Crippen LogP contribution in [-0.2, 0) is 11.3 Å². The van der Waals surface area contributed by atoms with E-state index < -0.39 is 0 Å². The van der Waals surface area contributed by atoms with Gasteiger partial charge in [0.15, 0.2) is 6.61 Å². The van der Waals surface area contributed by atoms with Gasteiger partial charge in [0.2, 0.25) is 5.89 Å². The first-order valence-corrected chi connectivity index (χ1v) is 6.01. The lowest BCUT2D eigenvalue weighted by Gasteiger charge is -2.06. The number of aryl methyl sites for hydroxylation is 2. The van der Waals surface area contributed by atoms with Gasteiger partial charge in [-0.3, -0.25) is 4.79 Å². The van der Waals surface area contributed by atoms with Gasteiger partial charge in [-0.2, -0.15) is 0 Å². The number of ether oxygens (including phenoxy) is 1. The third kappa shape index (κ3) is 4.13. The average Bonchev–Trinajstić information content (AvgIpc) is 2.80. The van der Waals surface area contributed by atoms with E-state index in [-0.39, 0.29) is 19.1 Å². The molecule has 1 aromatic heterocycles. The molecule has 100 valence electrons. The van der Waals surface area contributed by atoms with E-state index in [9.17, 15) is 4.79 Å². The smallest absolute Gasteiger partial charge is 0.258 e. The molecule has 0 aliphatic heterocycles. The van der Waals surface area contributed by atoms with Gasteiger partial charge in [0, 0.05) is 0 Å². The Hall–Kier alpha value is -2.30. The van der Waals surface area contributed by atoms with Gasteiger partial charge in [-0.25, -0.2) is 4.98 Å². The third-order valence-corrected chi connectivity index (χ3v) is 2.47. The molecular weight excluding hydrogens is 244 g/mol. The number of nitrogens with zero attached hydrogens (tertiary/aromatic N) is 1. The normalized spacial score (nSPS) is 10.2. The summed E-state index contributed by atoms with van der Waals surface area (Å²) in [5.74, 6) is 1.68. The fourth-order valence-electron chi connectivity index (χ4n) is 1.56. The Kier molecular flexibility index (Phi) is 4.18. The zero-order valence-electron chi connectivity index (χ0n) is 11.0. The van der Waals surface area contributed by atoms with Gasteiger partial charge in [-0.1, -0.05) is 12.1 Å². The Morgan fingerprint density at radius 1 is 1.42 bits per heavy atom. The molecule has 0 aliphatic carbocycles. The summed E-state index contributed by atoms with van der Waals surface area (Å²) in [5.41, 5.74) is 1.09. The van der Waals surface area contributed by atoms with Crippen molar-refractivity contribution < 1.29 is 13.9 Å². The van der Waals surface area contributed by atoms with E-state index in [0.717, 1.165) is 11.3 Å². The largest absolute Gasteiger partial charge is 0.484 e. The van der Waals surface area contributed by atoms with Crippen LogP contribution in [0, 0.1) is 13.8 Å². The summed E-state index contributed by atoms with van der Waals surface area (Å²) >= 11 is 0. The second-order valence-corrected chi connectivity index (χ2v) is 4.25. The lowest BCUT2D eigenvalue weighted by molar-refractivity contribution is -0.123. The van der Waals surface area contributed by atoms with Crippen molar-refractivity contribution in [1.82, 2.24) is 10.3 Å². The molecule has 0 saturated heterocycles. The summed E-state index contributed by atoms with van der Waals surface area (Å²) in [7, 11) is 0. The molecule has 0 fully saturated rings. The molecule has 0 aliphatic rings. The number of hydrogen-bond donors (Lipinski definition) is 1. The van der Waals surface area contributed by atoms with Crippen molar-refractivity contribution in [2.24, 2.45) is 0 Å². The first kappa shape index (κ1) is 13.1. The number of benzene rings is 1. The topological polar surface area (TPSA) is 64.4 Å². The SMILES string of the molecule is Cc1cccc(OCC(=O)NCc2ncc(C)o2)c1. The van der Waals surface area contributed by atoms with Gasteiger partial charge in [-0.05, 0) is 31.5 Å². The molecule has 0 bridgehead atoms. The maximum Gasteiger partial charge on any atom is 0.258 e. The molecule has 2 rings (SSSR count). The van der Waals surface area contributed by atoms with Crippen molar-refractivity contribution in [2.75, 3.05) is 6.61 Å². The standard InChI is InChI=1S/C14H16N2O3/c1-10-4-3-5-12(6-10)18-9-13(17)15-8-14-16-7-11(2)19-14/h3-7H,8-9H2,1-2H3,(H,15,17). The van der Waals surface area contributed by atoms with E-state index >= 15 is 0 Å². The van der Waals surface area contributed by atoms with Crippen molar-refractivity contribution in [3.8, 4) is 5.75 Å². The molecule has 1 amide bonds. The molecule has 5 heteroatoms. The Morgan fingerprint density at radius 2 is 2.26 bits per heavy atom. The molecule has 19 heavy (non-hydrogen) atoms. The maximum absolute atomic E-state index is 11.6. The van der Waals surface area contributed by atoms with Crippen LogP contribution in [0.2, 0.25) is 0 Å². The lowest BCUT2D eigenvalue weighted by Crippen LogP contribution is -2.28. The van der Waals surface area contributed by atoms with E-state index in [1.165, 1.54) is 0 Å². The van der Waals surface area contributed by atoms with Gasteiger partial charge in [0.25, 0.3) is 5.91 Å². The number of carbonyl (C=O) groups excluding carboxylic acids is 1. The first-order chi connectivity index (χ1) is 9.13. The maximum atomic E-state index is 11.6. The Labute approximate surface area is 111 Å². The number of rotatable bonds is 5. The van der Waals surface area contributed by atoms with Crippen molar-refractivity contribution in [2.45, 2.75) is 20.4 Å². The van der Waals surface area contributed by atoms with Crippen molar-refractivity contribution in [3.63, 3.8) is 0 Å². The molecule has 1 N–H and O–H groups in total. The van der Waals surface area contributed by atoms with Crippen molar-refractivity contribution in [1.29, 1.82) is 0 Å². The predicted octanol–water partition coefficient (Wildman–Crippen LogP) is 1.99. The van der Waals surface area contributed by atoms with Crippen LogP contribution in [0.4, 0.5) is 0 Å². The number of hydrogen-bond acceptors (Lipinski definition) is 4. The van der Waals surface area contributed by atoms with Crippen LogP contribution in [0.25, 0.3) is 0 Å². The highest BCUT2D eigenvalue weighted by Gasteiger charge is 2.05. The summed E-state index contributed by atoms with van der Waals surface area (Å²) < 4.78 is 10.6. The zero-order chi connectivity index (χ0) is 13.7. The minimum absolute atomic E-state index is 0.0247. The molecule has 0 atom stereocenters. The van der Waals surface area contributed by atoms with Crippen molar-refractivity contribution in [3.05, 3.63) is 47.7 Å². The molecular formula is C14H16N2O3. The van der Waals surface area contributed by atoms with E-state index in [4.69, 9.17) is 9.15 Å². The minimum Gasteiger partial charge on any atom is -0.484 e. The second-order valence-electron chi connectivity index (χ2n) is 4.25. The van der Waals surface area contributed by atoms with Crippen LogP contribution >= 0.6 is 0 Å². The van der Waals surface area contributed by atoms with Gasteiger partial charge in [0.05, 0.1) is 12.7 Å². The van der Waals surface area contributed by atoms with Crippen LogP contribution in [0.5, 0.6) is 5.75 Å². The summed E-state index contributed by atoms with van der Waals surface area (Å²) in [6, 6.07) is 7.55. The van der Waals surface area contributed by atoms with Crippen LogP contribution < -0.4 is 10.1 Å². The van der Waals surface area contributed by atoms with E-state index in [1.54, 1.807) is 13.1 Å². The van der Waals surface area contributed by atoms with Gasteiger partial charge < -0.3 is 14.5 Å². The fraction of sp³-hybridized carbons (Fsp3) is 0.286. The average molecular weight is 260 g/mol. The molecule has 0 radical (unpaired) electrons. The highest BCUT2D eigenvalue weighted by atomic mass is 16.5. The lowest BCUT2D eigenvalue weighted by atomic mass is 10.2. The van der Waals surface area contributed by atoms with Crippen molar-refractivity contribution >= 4 is 5.91 Å². The van der Waals surface area contributed by atoms with Crippen LogP contribution in [0.15, 0.2) is 34.9 Å². The number of oxazole rings is 1. The van der Waals surface area contributed by atoms with E-state index in [2.05, 4.69) is 10.3 Å². The van der Waals surface area contributed by atoms with Crippen LogP contribution in [-0.4, -0.2) is 17.5 Å². The zero-order valence-corrected chi connectivity index (χ0v) is 11.0. The summed E-state index contributed by atoms with van der Waals surface area (Å²) in [6.45, 7) is 4.02. The Balaban J connectivity index is 1.75. The minimum atomic E-state index is -0.211. The number of carbonyl (C=O) groups is 1. The summed E-state index contributed by atoms with van der Waals surface area (Å²) in [6.07, 6.45) is 1.62. The number of aromatic nitrogens is 1. The monoisotopic (exact) mass is 260 g/mol. The fourth-order valence-corrected chi connectivity index (χ4v) is 1.56. The first-order valence-electron chi connectivity index (χ1n) is 6.01. The van der Waals surface area contributed by atoms with Crippen LogP contribution in [0.1, 0.15) is 17.2 Å². The van der Waals surface area contributed by atoms with E-state index in [0.29, 0.717) is 11.6 Å². The Bertz CT molecular complexity index is 563.